The van der Waals surface area contributed by atoms with E-state index in [0.29, 0.717) is 22.5 Å². The van der Waals surface area contributed by atoms with Gasteiger partial charge in [0.25, 0.3) is 5.91 Å². The molecule has 0 unspecified atom stereocenters. The molecule has 2 aromatic heterocycles. The molecule has 0 saturated carbocycles. The van der Waals surface area contributed by atoms with E-state index >= 15 is 0 Å². The lowest BCUT2D eigenvalue weighted by Gasteiger charge is -2.09. The van der Waals surface area contributed by atoms with Crippen molar-refractivity contribution in [3.8, 4) is 5.75 Å². The molecule has 2 heterocycles. The van der Waals surface area contributed by atoms with Gasteiger partial charge in [-0.3, -0.25) is 9.78 Å². The molecular formula is C17H13F3N2O3. The fraction of sp³-hybridized carbons (Fsp3) is 0.176. The number of aryl methyl sites for hydroxylation is 1. The summed E-state index contributed by atoms with van der Waals surface area (Å²) in [5, 5.41) is 0.490. The van der Waals surface area contributed by atoms with Gasteiger partial charge in [0, 0.05) is 23.3 Å². The van der Waals surface area contributed by atoms with E-state index in [2.05, 4.69) is 4.98 Å². The monoisotopic (exact) mass is 350 g/mol. The van der Waals surface area contributed by atoms with Gasteiger partial charge in [-0.15, -0.1) is 0 Å². The van der Waals surface area contributed by atoms with Gasteiger partial charge in [0.1, 0.15) is 23.7 Å². The van der Waals surface area contributed by atoms with Crippen molar-refractivity contribution >= 4 is 16.9 Å². The number of nitrogens with two attached hydrogens (primary N) is 1. The van der Waals surface area contributed by atoms with Gasteiger partial charge in [-0.05, 0) is 31.2 Å². The van der Waals surface area contributed by atoms with Crippen molar-refractivity contribution in [2.45, 2.75) is 19.7 Å². The largest absolute Gasteiger partial charge is 0.489 e. The third-order valence-corrected chi connectivity index (χ3v) is 3.61. The lowest BCUT2D eigenvalue weighted by atomic mass is 10.1. The number of primary amides is 1. The summed E-state index contributed by atoms with van der Waals surface area (Å²) in [5.41, 5.74) is 5.50. The molecule has 0 spiro atoms. The Hall–Kier alpha value is -3.03. The number of amides is 1. The van der Waals surface area contributed by atoms with Crippen LogP contribution in [0.15, 0.2) is 41.1 Å². The van der Waals surface area contributed by atoms with Crippen molar-refractivity contribution < 1.29 is 27.1 Å². The van der Waals surface area contributed by atoms with E-state index in [1.807, 2.05) is 0 Å². The number of benzene rings is 1. The summed E-state index contributed by atoms with van der Waals surface area (Å²) >= 11 is 0. The highest BCUT2D eigenvalue weighted by Crippen LogP contribution is 2.30. The lowest BCUT2D eigenvalue weighted by Crippen LogP contribution is -2.11. The van der Waals surface area contributed by atoms with Crippen LogP contribution in [0, 0.1) is 6.92 Å². The van der Waals surface area contributed by atoms with E-state index in [1.165, 1.54) is 6.20 Å². The molecule has 0 saturated heterocycles. The van der Waals surface area contributed by atoms with Crippen LogP contribution in [0.2, 0.25) is 0 Å². The van der Waals surface area contributed by atoms with Crippen LogP contribution in [0.25, 0.3) is 11.0 Å². The first-order chi connectivity index (χ1) is 11.8. The summed E-state index contributed by atoms with van der Waals surface area (Å²) < 4.78 is 49.0. The van der Waals surface area contributed by atoms with Crippen molar-refractivity contribution in [1.82, 2.24) is 4.98 Å². The maximum absolute atomic E-state index is 12.7. The first kappa shape index (κ1) is 16.8. The minimum absolute atomic E-state index is 0.106. The molecule has 0 radical (unpaired) electrons. The van der Waals surface area contributed by atoms with Gasteiger partial charge >= 0.3 is 6.18 Å². The molecule has 2 N–H and O–H groups in total. The maximum atomic E-state index is 12.7. The number of rotatable bonds is 4. The van der Waals surface area contributed by atoms with Crippen LogP contribution in [0.3, 0.4) is 0 Å². The molecule has 0 aliphatic rings. The van der Waals surface area contributed by atoms with E-state index in [4.69, 9.17) is 14.9 Å². The first-order valence-corrected chi connectivity index (χ1v) is 7.22. The van der Waals surface area contributed by atoms with Gasteiger partial charge in [-0.1, -0.05) is 0 Å². The number of carbonyl (C=O) groups is 1. The van der Waals surface area contributed by atoms with Gasteiger partial charge in [-0.25, -0.2) is 0 Å². The highest BCUT2D eigenvalue weighted by Gasteiger charge is 2.31. The van der Waals surface area contributed by atoms with Crippen LogP contribution in [0.5, 0.6) is 5.75 Å². The molecule has 0 fully saturated rings. The molecule has 1 aromatic carbocycles. The normalized spacial score (nSPS) is 11.7. The van der Waals surface area contributed by atoms with Gasteiger partial charge < -0.3 is 14.9 Å². The second-order valence-electron chi connectivity index (χ2n) is 5.42. The molecule has 25 heavy (non-hydrogen) atoms. The van der Waals surface area contributed by atoms with E-state index in [1.54, 1.807) is 25.1 Å². The fourth-order valence-corrected chi connectivity index (χ4v) is 2.48. The highest BCUT2D eigenvalue weighted by molar-refractivity contribution is 6.06. The number of alkyl halides is 3. The van der Waals surface area contributed by atoms with Gasteiger partial charge in [0.05, 0.1) is 11.1 Å². The zero-order chi connectivity index (χ0) is 18.2. The third-order valence-electron chi connectivity index (χ3n) is 3.61. The first-order valence-electron chi connectivity index (χ1n) is 7.22. The van der Waals surface area contributed by atoms with Gasteiger partial charge in [-0.2, -0.15) is 13.2 Å². The van der Waals surface area contributed by atoms with Gasteiger partial charge in [0.2, 0.25) is 0 Å². The Bertz CT molecular complexity index is 948. The number of carbonyl (C=O) groups excluding carboxylic acids is 1. The molecule has 0 bridgehead atoms. The number of fused-ring (bicyclic) bond motifs is 1. The standard InChI is InChI=1S/C17H13F3N2O3/c1-9-15(16(21)23)13-5-12(2-3-14(13)25-9)24-8-10-4-11(7-22-6-10)17(18,19)20/h2-7H,8H2,1H3,(H2,21,23). The minimum atomic E-state index is -4.47. The molecule has 0 aliphatic carbocycles. The Labute approximate surface area is 140 Å². The summed E-state index contributed by atoms with van der Waals surface area (Å²) in [6.45, 7) is 1.51. The SMILES string of the molecule is Cc1oc2ccc(OCc3cncc(C(F)(F)F)c3)cc2c1C(N)=O. The molecule has 8 heteroatoms. The predicted octanol–water partition coefficient (Wildman–Crippen LogP) is 3.83. The van der Waals surface area contributed by atoms with Crippen LogP contribution in [-0.2, 0) is 12.8 Å². The number of pyridine rings is 1. The van der Waals surface area contributed by atoms with E-state index < -0.39 is 17.6 Å². The quantitative estimate of drug-likeness (QED) is 0.776. The Balaban J connectivity index is 1.84. The van der Waals surface area contributed by atoms with Crippen molar-refractivity contribution in [3.63, 3.8) is 0 Å². The molecule has 0 atom stereocenters. The molecule has 3 rings (SSSR count). The molecule has 5 nitrogen and oxygen atoms in total. The zero-order valence-corrected chi connectivity index (χ0v) is 13.1. The topological polar surface area (TPSA) is 78.3 Å². The molecule has 130 valence electrons. The summed E-state index contributed by atoms with van der Waals surface area (Å²) in [7, 11) is 0. The van der Waals surface area contributed by atoms with Crippen molar-refractivity contribution in [2.75, 3.05) is 0 Å². The number of aromatic nitrogens is 1. The Morgan fingerprint density at radius 2 is 2.04 bits per heavy atom. The predicted molar refractivity (Wildman–Crippen MR) is 83.0 cm³/mol. The van der Waals surface area contributed by atoms with Crippen LogP contribution in [0.4, 0.5) is 13.2 Å². The Morgan fingerprint density at radius 3 is 2.72 bits per heavy atom. The molecule has 3 aromatic rings. The van der Waals surface area contributed by atoms with E-state index in [-0.39, 0.29) is 17.7 Å². The summed E-state index contributed by atoms with van der Waals surface area (Å²) in [5.74, 6) is 0.130. The maximum Gasteiger partial charge on any atom is 0.417 e. The Kier molecular flexibility index (Phi) is 4.12. The van der Waals surface area contributed by atoms with Crippen LogP contribution in [0.1, 0.15) is 27.2 Å². The number of furan rings is 1. The molecule has 1 amide bonds. The number of halogens is 3. The zero-order valence-electron chi connectivity index (χ0n) is 13.1. The van der Waals surface area contributed by atoms with E-state index in [9.17, 15) is 18.0 Å². The average molecular weight is 350 g/mol. The van der Waals surface area contributed by atoms with Crippen molar-refractivity contribution in [1.29, 1.82) is 0 Å². The lowest BCUT2D eigenvalue weighted by molar-refractivity contribution is -0.137. The Morgan fingerprint density at radius 1 is 1.28 bits per heavy atom. The second-order valence-corrected chi connectivity index (χ2v) is 5.42. The van der Waals surface area contributed by atoms with E-state index in [0.717, 1.165) is 12.3 Å². The fourth-order valence-electron chi connectivity index (χ4n) is 2.48. The van der Waals surface area contributed by atoms with Gasteiger partial charge in [0.15, 0.2) is 0 Å². The highest BCUT2D eigenvalue weighted by atomic mass is 19.4. The molecular weight excluding hydrogens is 337 g/mol. The van der Waals surface area contributed by atoms with Crippen LogP contribution >= 0.6 is 0 Å². The summed E-state index contributed by atoms with van der Waals surface area (Å²) in [6, 6.07) is 5.74. The van der Waals surface area contributed by atoms with Crippen LogP contribution < -0.4 is 10.5 Å². The van der Waals surface area contributed by atoms with Crippen molar-refractivity contribution in [3.05, 3.63) is 59.1 Å². The number of hydrogen-bond donors (Lipinski definition) is 1. The second kappa shape index (κ2) is 6.12. The number of hydrogen-bond acceptors (Lipinski definition) is 4. The minimum Gasteiger partial charge on any atom is -0.489 e. The molecule has 0 aliphatic heterocycles. The summed E-state index contributed by atoms with van der Waals surface area (Å²) in [4.78, 5) is 15.1. The number of nitrogens with zero attached hydrogens (tertiary/aromatic N) is 1. The average Bonchev–Trinajstić information content (AvgIpc) is 2.87. The number of ether oxygens (including phenoxy) is 1. The summed E-state index contributed by atoms with van der Waals surface area (Å²) in [6.07, 6.45) is -2.42. The third kappa shape index (κ3) is 3.42. The smallest absolute Gasteiger partial charge is 0.417 e. The van der Waals surface area contributed by atoms with Crippen LogP contribution in [-0.4, -0.2) is 10.9 Å². The van der Waals surface area contributed by atoms with Crippen molar-refractivity contribution in [2.24, 2.45) is 5.73 Å².